The van der Waals surface area contributed by atoms with Gasteiger partial charge in [0.05, 0.1) is 19.6 Å². The normalized spacial score (nSPS) is 14.7. The van der Waals surface area contributed by atoms with E-state index in [1.165, 1.54) is 0 Å². The fraction of sp³-hybridized carbons (Fsp3) is 0.316. The summed E-state index contributed by atoms with van der Waals surface area (Å²) in [6.07, 6.45) is 2.09. The molecule has 0 aromatic heterocycles. The van der Waals surface area contributed by atoms with E-state index in [1.54, 1.807) is 4.90 Å². The monoisotopic (exact) mass is 309 g/mol. The van der Waals surface area contributed by atoms with Crippen molar-refractivity contribution in [3.05, 3.63) is 53.1 Å². The number of hydrogen-bond donors (Lipinski definition) is 0. The molecule has 0 atom stereocenters. The number of likely N-dealkylation sites (N-methyl/N-ethyl adjacent to an activating group) is 1. The van der Waals surface area contributed by atoms with Crippen LogP contribution in [0.25, 0.3) is 0 Å². The van der Waals surface area contributed by atoms with E-state index in [0.29, 0.717) is 19.6 Å². The summed E-state index contributed by atoms with van der Waals surface area (Å²) in [5.74, 6) is 1.90. The SMILES string of the molecule is CN(C(=O)Cc1c2c(cc3c1OCC3)OCC2)c1ccccc1. The molecule has 2 heterocycles. The molecule has 4 nitrogen and oxygen atoms in total. The highest BCUT2D eigenvalue weighted by Crippen LogP contribution is 2.41. The third kappa shape index (κ3) is 2.44. The Hall–Kier alpha value is -2.49. The van der Waals surface area contributed by atoms with Crippen LogP contribution in [-0.4, -0.2) is 26.2 Å². The summed E-state index contributed by atoms with van der Waals surface area (Å²) in [4.78, 5) is 14.4. The Morgan fingerprint density at radius 2 is 1.91 bits per heavy atom. The van der Waals surface area contributed by atoms with Crippen molar-refractivity contribution in [3.8, 4) is 11.5 Å². The number of rotatable bonds is 3. The largest absolute Gasteiger partial charge is 0.493 e. The number of nitrogens with zero attached hydrogens (tertiary/aromatic N) is 1. The minimum atomic E-state index is 0.0641. The van der Waals surface area contributed by atoms with Gasteiger partial charge in [-0.15, -0.1) is 0 Å². The van der Waals surface area contributed by atoms with E-state index < -0.39 is 0 Å². The predicted molar refractivity (Wildman–Crippen MR) is 88.4 cm³/mol. The van der Waals surface area contributed by atoms with E-state index in [2.05, 4.69) is 6.07 Å². The topological polar surface area (TPSA) is 38.8 Å². The van der Waals surface area contributed by atoms with E-state index in [-0.39, 0.29) is 5.91 Å². The van der Waals surface area contributed by atoms with Crippen LogP contribution in [0.2, 0.25) is 0 Å². The zero-order valence-corrected chi connectivity index (χ0v) is 13.2. The number of amides is 1. The van der Waals surface area contributed by atoms with Crippen molar-refractivity contribution in [2.24, 2.45) is 0 Å². The lowest BCUT2D eigenvalue weighted by molar-refractivity contribution is -0.117. The van der Waals surface area contributed by atoms with Gasteiger partial charge in [0.1, 0.15) is 11.5 Å². The molecule has 4 heteroatoms. The highest BCUT2D eigenvalue weighted by Gasteiger charge is 2.28. The molecular formula is C19H19NO3. The second kappa shape index (κ2) is 5.61. The van der Waals surface area contributed by atoms with Crippen molar-refractivity contribution < 1.29 is 14.3 Å². The van der Waals surface area contributed by atoms with Crippen LogP contribution in [0.1, 0.15) is 16.7 Å². The summed E-state index contributed by atoms with van der Waals surface area (Å²) >= 11 is 0. The summed E-state index contributed by atoms with van der Waals surface area (Å²) in [5.41, 5.74) is 4.22. The highest BCUT2D eigenvalue weighted by atomic mass is 16.5. The third-order valence-corrected chi connectivity index (χ3v) is 4.61. The number of para-hydroxylation sites is 1. The van der Waals surface area contributed by atoms with Gasteiger partial charge in [-0.1, -0.05) is 18.2 Å². The summed E-state index contributed by atoms with van der Waals surface area (Å²) in [5, 5.41) is 0. The first kappa shape index (κ1) is 14.1. The minimum absolute atomic E-state index is 0.0641. The van der Waals surface area contributed by atoms with Gasteiger partial charge in [0.25, 0.3) is 0 Å². The summed E-state index contributed by atoms with van der Waals surface area (Å²) < 4.78 is 11.5. The van der Waals surface area contributed by atoms with Crippen LogP contribution in [0.4, 0.5) is 5.69 Å². The highest BCUT2D eigenvalue weighted by molar-refractivity contribution is 5.95. The van der Waals surface area contributed by atoms with Crippen molar-refractivity contribution in [1.82, 2.24) is 0 Å². The van der Waals surface area contributed by atoms with Gasteiger partial charge < -0.3 is 14.4 Å². The molecule has 0 spiro atoms. The van der Waals surface area contributed by atoms with Crippen LogP contribution in [0, 0.1) is 0 Å². The fourth-order valence-corrected chi connectivity index (χ4v) is 3.34. The molecule has 2 aromatic rings. The second-order valence-electron chi connectivity index (χ2n) is 5.98. The number of carbonyl (C=O) groups is 1. The molecule has 0 unspecified atom stereocenters. The van der Waals surface area contributed by atoms with Crippen molar-refractivity contribution in [1.29, 1.82) is 0 Å². The van der Waals surface area contributed by atoms with Crippen LogP contribution in [0.3, 0.4) is 0 Å². The summed E-state index contributed by atoms with van der Waals surface area (Å²) in [7, 11) is 1.82. The lowest BCUT2D eigenvalue weighted by Gasteiger charge is -2.19. The first-order chi connectivity index (χ1) is 11.2. The molecular weight excluding hydrogens is 290 g/mol. The van der Waals surface area contributed by atoms with Gasteiger partial charge in [0.15, 0.2) is 0 Å². The maximum atomic E-state index is 12.7. The maximum absolute atomic E-state index is 12.7. The average Bonchev–Trinajstić information content (AvgIpc) is 3.23. The molecule has 0 saturated heterocycles. The molecule has 4 rings (SSSR count). The van der Waals surface area contributed by atoms with Crippen molar-refractivity contribution in [2.45, 2.75) is 19.3 Å². The van der Waals surface area contributed by atoms with Crippen LogP contribution in [0.15, 0.2) is 36.4 Å². The number of ether oxygens (including phenoxy) is 2. The number of hydrogen-bond acceptors (Lipinski definition) is 3. The Morgan fingerprint density at radius 3 is 2.74 bits per heavy atom. The van der Waals surface area contributed by atoms with E-state index in [0.717, 1.165) is 46.7 Å². The number of benzene rings is 2. The third-order valence-electron chi connectivity index (χ3n) is 4.61. The molecule has 2 aromatic carbocycles. The molecule has 2 aliphatic heterocycles. The lowest BCUT2D eigenvalue weighted by atomic mass is 9.97. The van der Waals surface area contributed by atoms with E-state index >= 15 is 0 Å². The first-order valence-electron chi connectivity index (χ1n) is 7.99. The van der Waals surface area contributed by atoms with Gasteiger partial charge in [-0.2, -0.15) is 0 Å². The molecule has 0 fully saturated rings. The van der Waals surface area contributed by atoms with Gasteiger partial charge >= 0.3 is 0 Å². The van der Waals surface area contributed by atoms with E-state index in [9.17, 15) is 4.79 Å². The Balaban J connectivity index is 1.66. The van der Waals surface area contributed by atoms with Crippen LogP contribution in [-0.2, 0) is 24.1 Å². The molecule has 118 valence electrons. The summed E-state index contributed by atoms with van der Waals surface area (Å²) in [6.45, 7) is 1.38. The van der Waals surface area contributed by atoms with Crippen LogP contribution < -0.4 is 14.4 Å². The van der Waals surface area contributed by atoms with Gasteiger partial charge in [0.2, 0.25) is 5.91 Å². The fourth-order valence-electron chi connectivity index (χ4n) is 3.34. The van der Waals surface area contributed by atoms with Crippen molar-refractivity contribution >= 4 is 11.6 Å². The van der Waals surface area contributed by atoms with E-state index in [4.69, 9.17) is 9.47 Å². The first-order valence-corrected chi connectivity index (χ1v) is 7.99. The maximum Gasteiger partial charge on any atom is 0.231 e. The van der Waals surface area contributed by atoms with Crippen LogP contribution >= 0.6 is 0 Å². The van der Waals surface area contributed by atoms with Crippen molar-refractivity contribution in [3.63, 3.8) is 0 Å². The quantitative estimate of drug-likeness (QED) is 0.875. The zero-order chi connectivity index (χ0) is 15.8. The van der Waals surface area contributed by atoms with Gasteiger partial charge in [0, 0.05) is 42.3 Å². The van der Waals surface area contributed by atoms with Crippen LogP contribution in [0.5, 0.6) is 11.5 Å². The zero-order valence-electron chi connectivity index (χ0n) is 13.2. The number of anilines is 1. The number of fused-ring (bicyclic) bond motifs is 2. The molecule has 0 saturated carbocycles. The Morgan fingerprint density at radius 1 is 1.13 bits per heavy atom. The van der Waals surface area contributed by atoms with Gasteiger partial charge in [-0.05, 0) is 18.2 Å². The lowest BCUT2D eigenvalue weighted by Crippen LogP contribution is -2.28. The summed E-state index contributed by atoms with van der Waals surface area (Å²) in [6, 6.07) is 11.8. The molecule has 0 aliphatic carbocycles. The molecule has 0 radical (unpaired) electrons. The molecule has 23 heavy (non-hydrogen) atoms. The van der Waals surface area contributed by atoms with E-state index in [1.807, 2.05) is 37.4 Å². The van der Waals surface area contributed by atoms with Gasteiger partial charge in [-0.25, -0.2) is 0 Å². The molecule has 0 bridgehead atoms. The van der Waals surface area contributed by atoms with Crippen molar-refractivity contribution in [2.75, 3.05) is 25.2 Å². The molecule has 0 N–H and O–H groups in total. The average molecular weight is 309 g/mol. The molecule has 1 amide bonds. The van der Waals surface area contributed by atoms with Gasteiger partial charge in [-0.3, -0.25) is 4.79 Å². The Bertz CT molecular complexity index is 723. The number of carbonyl (C=O) groups excluding carboxylic acids is 1. The Kier molecular flexibility index (Phi) is 3.45. The minimum Gasteiger partial charge on any atom is -0.493 e. The molecule has 2 aliphatic rings. The predicted octanol–water partition coefficient (Wildman–Crippen LogP) is 2.76. The smallest absolute Gasteiger partial charge is 0.231 e. The second-order valence-corrected chi connectivity index (χ2v) is 5.98. The standard InChI is InChI=1S/C19H19NO3/c1-20(14-5-3-2-4-6-14)18(21)12-16-15-8-10-22-17(15)11-13-7-9-23-19(13)16/h2-6,11H,7-10,12H2,1H3. The Labute approximate surface area is 135 Å².